The molecule has 8 heteroatoms. The third-order valence-corrected chi connectivity index (χ3v) is 7.85. The van der Waals surface area contributed by atoms with Crippen molar-refractivity contribution in [3.63, 3.8) is 0 Å². The number of ether oxygens (including phenoxy) is 1. The number of nitrogen functional groups attached to an aromatic ring is 1. The first kappa shape index (κ1) is 22.1. The van der Waals surface area contributed by atoms with Crippen LogP contribution in [-0.4, -0.2) is 45.4 Å². The summed E-state index contributed by atoms with van der Waals surface area (Å²) in [5, 5.41) is 3.57. The molecular formula is C25H27FN4O2S. The van der Waals surface area contributed by atoms with Gasteiger partial charge in [-0.15, -0.1) is 0 Å². The fraction of sp³-hybridized carbons (Fsp3) is 0.360. The van der Waals surface area contributed by atoms with Gasteiger partial charge in [0.2, 0.25) is 5.95 Å². The lowest BCUT2D eigenvalue weighted by molar-refractivity contribution is 0.0851. The van der Waals surface area contributed by atoms with Gasteiger partial charge >= 0.3 is 0 Å². The highest BCUT2D eigenvalue weighted by Gasteiger charge is 2.26. The van der Waals surface area contributed by atoms with Gasteiger partial charge in [-0.25, -0.2) is 9.97 Å². The second kappa shape index (κ2) is 9.67. The summed E-state index contributed by atoms with van der Waals surface area (Å²) in [7, 11) is -0.827. The number of hydrogen-bond acceptors (Lipinski definition) is 6. The van der Waals surface area contributed by atoms with E-state index in [-0.39, 0.29) is 6.04 Å². The molecule has 2 aliphatic heterocycles. The van der Waals surface area contributed by atoms with Crippen molar-refractivity contribution in [3.8, 4) is 22.3 Å². The first-order chi connectivity index (χ1) is 16.1. The summed E-state index contributed by atoms with van der Waals surface area (Å²) in [6.45, 7) is 2.28. The average Bonchev–Trinajstić information content (AvgIpc) is 2.84. The summed E-state index contributed by atoms with van der Waals surface area (Å²) >= 11 is 0. The van der Waals surface area contributed by atoms with Crippen molar-refractivity contribution in [2.45, 2.75) is 24.8 Å². The predicted octanol–water partition coefficient (Wildman–Crippen LogP) is 3.82. The summed E-state index contributed by atoms with van der Waals surface area (Å²) in [6.07, 6.45) is 5.15. The highest BCUT2D eigenvalue weighted by Crippen LogP contribution is 2.37. The minimum Gasteiger partial charge on any atom is -0.383 e. The topological polar surface area (TPSA) is 90.1 Å². The Morgan fingerprint density at radius 2 is 1.88 bits per heavy atom. The monoisotopic (exact) mass is 466 g/mol. The molecule has 2 aliphatic rings. The molecule has 172 valence electrons. The largest absolute Gasteiger partial charge is 0.383 e. The molecule has 3 aromatic rings. The number of rotatable bonds is 4. The Kier molecular flexibility index (Phi) is 6.48. The second-order valence-electron chi connectivity index (χ2n) is 8.57. The number of anilines is 1. The number of nitrogens with two attached hydrogens (primary N) is 1. The fourth-order valence-electron chi connectivity index (χ4n) is 4.75. The smallest absolute Gasteiger partial charge is 0.213 e. The summed E-state index contributed by atoms with van der Waals surface area (Å²) in [4.78, 5) is 8.01. The third-order valence-electron chi connectivity index (χ3n) is 6.49. The molecule has 2 aromatic heterocycles. The molecule has 1 unspecified atom stereocenters. The van der Waals surface area contributed by atoms with E-state index in [1.54, 1.807) is 12.3 Å². The van der Waals surface area contributed by atoms with Gasteiger partial charge in [0.05, 0.1) is 0 Å². The lowest BCUT2D eigenvalue weighted by Gasteiger charge is -2.30. The lowest BCUT2D eigenvalue weighted by atomic mass is 9.84. The van der Waals surface area contributed by atoms with Crippen LogP contribution in [0.1, 0.15) is 35.9 Å². The fourth-order valence-corrected chi connectivity index (χ4v) is 5.93. The minimum atomic E-state index is -0.827. The molecule has 33 heavy (non-hydrogen) atoms. The standard InChI is InChI=1S/C25H27FN4O2S/c26-24-13-18(3-6-29-24)21-12-19(14-30-25(21)27)17-1-2-20(16-4-8-32-9-5-16)22(11-17)23-15-33(31)10-7-28-23/h1-3,6,11-14,16,23,28H,4-5,7-10,15H2,(H2,27,30)/t23-,33?/m0/s1. The molecule has 0 amide bonds. The molecule has 3 N–H and O–H groups in total. The van der Waals surface area contributed by atoms with E-state index < -0.39 is 16.7 Å². The first-order valence-electron chi connectivity index (χ1n) is 11.3. The Morgan fingerprint density at radius 3 is 2.67 bits per heavy atom. The molecule has 6 nitrogen and oxygen atoms in total. The summed E-state index contributed by atoms with van der Waals surface area (Å²) in [5.41, 5.74) is 11.8. The van der Waals surface area contributed by atoms with Crippen LogP contribution in [0.5, 0.6) is 0 Å². The normalized spacial score (nSPS) is 21.7. The van der Waals surface area contributed by atoms with Crippen LogP contribution in [0.25, 0.3) is 22.3 Å². The van der Waals surface area contributed by atoms with E-state index in [4.69, 9.17) is 10.5 Å². The maximum atomic E-state index is 13.7. The van der Waals surface area contributed by atoms with Crippen molar-refractivity contribution in [1.29, 1.82) is 0 Å². The summed E-state index contributed by atoms with van der Waals surface area (Å²) in [6, 6.07) is 11.6. The van der Waals surface area contributed by atoms with E-state index in [0.29, 0.717) is 34.4 Å². The van der Waals surface area contributed by atoms with Crippen molar-refractivity contribution in [1.82, 2.24) is 15.3 Å². The zero-order valence-corrected chi connectivity index (χ0v) is 19.1. The third kappa shape index (κ3) is 4.83. The Morgan fingerprint density at radius 1 is 1.03 bits per heavy atom. The van der Waals surface area contributed by atoms with Gasteiger partial charge in [-0.2, -0.15) is 4.39 Å². The van der Waals surface area contributed by atoms with Crippen LogP contribution in [-0.2, 0) is 15.5 Å². The highest BCUT2D eigenvalue weighted by molar-refractivity contribution is 7.85. The van der Waals surface area contributed by atoms with Gasteiger partial charge in [-0.3, -0.25) is 4.21 Å². The van der Waals surface area contributed by atoms with E-state index in [1.165, 1.54) is 23.4 Å². The quantitative estimate of drug-likeness (QED) is 0.568. The van der Waals surface area contributed by atoms with Crippen LogP contribution in [0.15, 0.2) is 48.8 Å². The lowest BCUT2D eigenvalue weighted by Crippen LogP contribution is -2.37. The number of benzene rings is 1. The molecule has 0 spiro atoms. The van der Waals surface area contributed by atoms with Gasteiger partial charge in [0.1, 0.15) is 5.82 Å². The van der Waals surface area contributed by atoms with Crippen molar-refractivity contribution >= 4 is 16.6 Å². The van der Waals surface area contributed by atoms with Gasteiger partial charge in [0, 0.05) is 77.7 Å². The number of aromatic nitrogens is 2. The Balaban J connectivity index is 1.56. The van der Waals surface area contributed by atoms with Gasteiger partial charge in [-0.05, 0) is 59.2 Å². The maximum Gasteiger partial charge on any atom is 0.213 e. The van der Waals surface area contributed by atoms with Gasteiger partial charge in [0.15, 0.2) is 0 Å². The van der Waals surface area contributed by atoms with Crippen LogP contribution in [0.4, 0.5) is 10.2 Å². The summed E-state index contributed by atoms with van der Waals surface area (Å²) < 4.78 is 31.6. The number of nitrogens with one attached hydrogen (secondary N) is 1. The molecule has 2 saturated heterocycles. The van der Waals surface area contributed by atoms with E-state index in [2.05, 4.69) is 33.5 Å². The van der Waals surface area contributed by atoms with Gasteiger partial charge in [-0.1, -0.05) is 12.1 Å². The minimum absolute atomic E-state index is 0.0490. The number of halogens is 1. The molecular weight excluding hydrogens is 439 g/mol. The maximum absolute atomic E-state index is 13.7. The Bertz CT molecular complexity index is 1180. The van der Waals surface area contributed by atoms with Gasteiger partial charge < -0.3 is 15.8 Å². The molecule has 1 aromatic carbocycles. The van der Waals surface area contributed by atoms with E-state index in [0.717, 1.165) is 43.7 Å². The van der Waals surface area contributed by atoms with E-state index in [9.17, 15) is 8.60 Å². The Hall–Kier alpha value is -2.68. The van der Waals surface area contributed by atoms with E-state index >= 15 is 0 Å². The predicted molar refractivity (Wildman–Crippen MR) is 129 cm³/mol. The van der Waals surface area contributed by atoms with Crippen LogP contribution in [0, 0.1) is 5.95 Å². The van der Waals surface area contributed by atoms with Crippen molar-refractivity contribution < 1.29 is 13.3 Å². The molecule has 2 atom stereocenters. The molecule has 2 fully saturated rings. The zero-order valence-electron chi connectivity index (χ0n) is 18.3. The average molecular weight is 467 g/mol. The molecule has 0 bridgehead atoms. The zero-order chi connectivity index (χ0) is 22.8. The first-order valence-corrected chi connectivity index (χ1v) is 12.7. The molecule has 0 aliphatic carbocycles. The van der Waals surface area contributed by atoms with Crippen molar-refractivity contribution in [2.75, 3.05) is 37.0 Å². The van der Waals surface area contributed by atoms with Crippen molar-refractivity contribution in [3.05, 3.63) is 65.9 Å². The molecule has 5 rings (SSSR count). The molecule has 4 heterocycles. The number of nitrogens with zero attached hydrogens (tertiary/aromatic N) is 2. The molecule has 0 saturated carbocycles. The SMILES string of the molecule is Nc1ncc(-c2ccc(C3CCOCC3)c([C@@H]3CS(=O)CCN3)c2)cc1-c1ccnc(F)c1. The van der Waals surface area contributed by atoms with Crippen LogP contribution in [0.3, 0.4) is 0 Å². The van der Waals surface area contributed by atoms with Crippen LogP contribution in [0.2, 0.25) is 0 Å². The highest BCUT2D eigenvalue weighted by atomic mass is 32.2. The van der Waals surface area contributed by atoms with Crippen LogP contribution < -0.4 is 11.1 Å². The number of hydrogen-bond donors (Lipinski definition) is 2. The van der Waals surface area contributed by atoms with Gasteiger partial charge in [0.25, 0.3) is 0 Å². The van der Waals surface area contributed by atoms with Crippen molar-refractivity contribution in [2.24, 2.45) is 0 Å². The number of pyridine rings is 2. The molecule has 0 radical (unpaired) electrons. The van der Waals surface area contributed by atoms with Crippen LogP contribution >= 0.6 is 0 Å². The second-order valence-corrected chi connectivity index (χ2v) is 10.2. The Labute approximate surface area is 195 Å². The summed E-state index contributed by atoms with van der Waals surface area (Å²) in [5.74, 6) is 1.52. The van der Waals surface area contributed by atoms with E-state index in [1.807, 2.05) is 6.07 Å².